The van der Waals surface area contributed by atoms with Crippen molar-refractivity contribution in [2.45, 2.75) is 39.7 Å². The van der Waals surface area contributed by atoms with Gasteiger partial charge in [0.1, 0.15) is 0 Å². The van der Waals surface area contributed by atoms with Crippen molar-refractivity contribution in [1.29, 1.82) is 0 Å². The molecule has 2 atom stereocenters. The summed E-state index contributed by atoms with van der Waals surface area (Å²) in [5, 5.41) is 18.7. The summed E-state index contributed by atoms with van der Waals surface area (Å²) in [4.78, 5) is 21.4. The summed E-state index contributed by atoms with van der Waals surface area (Å²) in [5.41, 5.74) is 0. The molecule has 0 aromatic carbocycles. The summed E-state index contributed by atoms with van der Waals surface area (Å²) in [6, 6.07) is -0.651. The zero-order chi connectivity index (χ0) is 12.0. The maximum Gasteiger partial charge on any atom is 0.308 e. The topological polar surface area (TPSA) is 77.8 Å². The third-order valence-corrected chi connectivity index (χ3v) is 2.37. The highest BCUT2D eigenvalue weighted by molar-refractivity contribution is 5.71. The molecule has 0 fully saturated rings. The lowest BCUT2D eigenvalue weighted by atomic mass is 9.89. The Bertz CT molecular complexity index is 217. The third kappa shape index (κ3) is 4.29. The van der Waals surface area contributed by atoms with Crippen LogP contribution in [0.3, 0.4) is 0 Å². The molecular weight excluding hydrogens is 198 g/mol. The van der Waals surface area contributed by atoms with Crippen molar-refractivity contribution < 1.29 is 19.9 Å². The van der Waals surface area contributed by atoms with E-state index in [0.717, 1.165) is 0 Å². The van der Waals surface area contributed by atoms with Crippen LogP contribution >= 0.6 is 0 Å². The van der Waals surface area contributed by atoms with Crippen LogP contribution in [0.15, 0.2) is 0 Å². The maximum atomic E-state index is 11.0. The predicted octanol–water partition coefficient (Wildman–Crippen LogP) is 1.36. The number of rotatable bonds is 7. The van der Waals surface area contributed by atoms with Crippen LogP contribution in [0, 0.1) is 11.8 Å². The van der Waals surface area contributed by atoms with E-state index in [0.29, 0.717) is 17.9 Å². The average Bonchev–Trinajstić information content (AvgIpc) is 2.16. The standard InChI is InChI=1S/C10H19NO4/c1-4-9(11(15)6-12)8(10(13)14)5-7(2)3/h6-9,15H,4-5H2,1-3H3,(H,13,14)/t8-,9+/m1/s1. The van der Waals surface area contributed by atoms with Gasteiger partial charge in [-0.3, -0.25) is 14.8 Å². The number of amides is 1. The molecule has 0 radical (unpaired) electrons. The second-order valence-corrected chi connectivity index (χ2v) is 4.04. The highest BCUT2D eigenvalue weighted by Crippen LogP contribution is 2.21. The third-order valence-electron chi connectivity index (χ3n) is 2.37. The molecule has 5 nitrogen and oxygen atoms in total. The smallest absolute Gasteiger partial charge is 0.308 e. The van der Waals surface area contributed by atoms with Gasteiger partial charge in [0.15, 0.2) is 0 Å². The molecule has 0 spiro atoms. The molecule has 0 unspecified atom stereocenters. The molecule has 2 N–H and O–H groups in total. The van der Waals surface area contributed by atoms with E-state index < -0.39 is 17.9 Å². The first-order valence-corrected chi connectivity index (χ1v) is 5.09. The summed E-state index contributed by atoms with van der Waals surface area (Å²) >= 11 is 0. The molecule has 5 heteroatoms. The van der Waals surface area contributed by atoms with Crippen LogP contribution in [-0.2, 0) is 9.59 Å². The number of carboxylic acid groups (broad SMARTS) is 1. The number of hydrogen-bond acceptors (Lipinski definition) is 3. The largest absolute Gasteiger partial charge is 0.481 e. The van der Waals surface area contributed by atoms with Crippen molar-refractivity contribution in [2.24, 2.45) is 11.8 Å². The molecule has 0 saturated heterocycles. The summed E-state index contributed by atoms with van der Waals surface area (Å²) in [6.45, 7) is 5.56. The second kappa shape index (κ2) is 6.40. The zero-order valence-corrected chi connectivity index (χ0v) is 9.38. The Morgan fingerprint density at radius 1 is 1.47 bits per heavy atom. The fourth-order valence-corrected chi connectivity index (χ4v) is 1.66. The number of hydrogen-bond donors (Lipinski definition) is 2. The minimum absolute atomic E-state index is 0.209. The molecule has 0 aromatic heterocycles. The Hall–Kier alpha value is -1.10. The Morgan fingerprint density at radius 3 is 2.27 bits per heavy atom. The normalized spacial score (nSPS) is 14.7. The van der Waals surface area contributed by atoms with E-state index in [1.54, 1.807) is 6.92 Å². The minimum atomic E-state index is -0.976. The van der Waals surface area contributed by atoms with Crippen molar-refractivity contribution in [3.63, 3.8) is 0 Å². The van der Waals surface area contributed by atoms with Crippen molar-refractivity contribution >= 4 is 12.4 Å². The first-order chi connectivity index (χ1) is 6.93. The van der Waals surface area contributed by atoms with Gasteiger partial charge in [-0.2, -0.15) is 0 Å². The van der Waals surface area contributed by atoms with Crippen molar-refractivity contribution in [2.75, 3.05) is 0 Å². The van der Waals surface area contributed by atoms with Gasteiger partial charge in [-0.05, 0) is 18.8 Å². The predicted molar refractivity (Wildman–Crippen MR) is 54.3 cm³/mol. The van der Waals surface area contributed by atoms with Crippen molar-refractivity contribution in [1.82, 2.24) is 5.06 Å². The molecule has 0 bridgehead atoms. The molecule has 15 heavy (non-hydrogen) atoms. The number of hydroxylamine groups is 2. The van der Waals surface area contributed by atoms with Crippen molar-refractivity contribution in [3.8, 4) is 0 Å². The number of aliphatic carboxylic acids is 1. The van der Waals surface area contributed by atoms with Gasteiger partial charge in [-0.1, -0.05) is 20.8 Å². The fourth-order valence-electron chi connectivity index (χ4n) is 1.66. The Kier molecular flexibility index (Phi) is 5.93. The van der Waals surface area contributed by atoms with Gasteiger partial charge < -0.3 is 5.11 Å². The highest BCUT2D eigenvalue weighted by atomic mass is 16.5. The van der Waals surface area contributed by atoms with E-state index in [1.165, 1.54) is 0 Å². The number of carbonyl (C=O) groups is 2. The molecule has 0 aliphatic rings. The van der Waals surface area contributed by atoms with E-state index in [4.69, 9.17) is 5.11 Å². The van der Waals surface area contributed by atoms with Gasteiger partial charge in [0.25, 0.3) is 0 Å². The van der Waals surface area contributed by atoms with E-state index in [9.17, 15) is 14.8 Å². The average molecular weight is 217 g/mol. The van der Waals surface area contributed by atoms with Crippen LogP contribution in [-0.4, -0.2) is 33.8 Å². The van der Waals surface area contributed by atoms with E-state index in [2.05, 4.69) is 0 Å². The van der Waals surface area contributed by atoms with E-state index >= 15 is 0 Å². The van der Waals surface area contributed by atoms with Crippen LogP contribution in [0.2, 0.25) is 0 Å². The SMILES string of the molecule is CC[C@@H]([C@@H](CC(C)C)C(=O)O)N(O)C=O. The Labute approximate surface area is 89.6 Å². The molecule has 88 valence electrons. The lowest BCUT2D eigenvalue weighted by Crippen LogP contribution is -2.41. The van der Waals surface area contributed by atoms with Gasteiger partial charge in [0.05, 0.1) is 12.0 Å². The monoisotopic (exact) mass is 217 g/mol. The van der Waals surface area contributed by atoms with Crippen molar-refractivity contribution in [3.05, 3.63) is 0 Å². The highest BCUT2D eigenvalue weighted by Gasteiger charge is 2.31. The van der Waals surface area contributed by atoms with Gasteiger partial charge in [-0.15, -0.1) is 0 Å². The van der Waals surface area contributed by atoms with Gasteiger partial charge in [-0.25, -0.2) is 5.06 Å². The summed E-state index contributed by atoms with van der Waals surface area (Å²) in [7, 11) is 0. The fraction of sp³-hybridized carbons (Fsp3) is 0.800. The van der Waals surface area contributed by atoms with E-state index in [1.807, 2.05) is 13.8 Å². The van der Waals surface area contributed by atoms with Crippen LogP contribution in [0.25, 0.3) is 0 Å². The van der Waals surface area contributed by atoms with E-state index in [-0.39, 0.29) is 12.3 Å². The number of nitrogens with zero attached hydrogens (tertiary/aromatic N) is 1. The first-order valence-electron chi connectivity index (χ1n) is 5.09. The molecule has 0 aromatic rings. The minimum Gasteiger partial charge on any atom is -0.481 e. The zero-order valence-electron chi connectivity index (χ0n) is 9.38. The molecule has 0 heterocycles. The van der Waals surface area contributed by atoms with Gasteiger partial charge >= 0.3 is 5.97 Å². The molecule has 0 aliphatic carbocycles. The van der Waals surface area contributed by atoms with Gasteiger partial charge in [0, 0.05) is 0 Å². The summed E-state index contributed by atoms with van der Waals surface area (Å²) in [5.74, 6) is -1.48. The quantitative estimate of drug-likeness (QED) is 0.383. The molecular formula is C10H19NO4. The lowest BCUT2D eigenvalue weighted by Gasteiger charge is -2.28. The number of carboxylic acids is 1. The Balaban J connectivity index is 4.69. The molecule has 0 rings (SSSR count). The summed E-state index contributed by atoms with van der Waals surface area (Å²) in [6.07, 6.45) is 1.11. The lowest BCUT2D eigenvalue weighted by molar-refractivity contribution is -0.173. The molecule has 0 saturated carbocycles. The molecule has 0 aliphatic heterocycles. The van der Waals surface area contributed by atoms with Crippen LogP contribution in [0.4, 0.5) is 0 Å². The van der Waals surface area contributed by atoms with Crippen LogP contribution < -0.4 is 0 Å². The van der Waals surface area contributed by atoms with Crippen LogP contribution in [0.5, 0.6) is 0 Å². The van der Waals surface area contributed by atoms with Gasteiger partial charge in [0.2, 0.25) is 6.41 Å². The summed E-state index contributed by atoms with van der Waals surface area (Å²) < 4.78 is 0. The molecule has 1 amide bonds. The second-order valence-electron chi connectivity index (χ2n) is 4.04. The Morgan fingerprint density at radius 2 is 2.00 bits per heavy atom. The maximum absolute atomic E-state index is 11.0. The van der Waals surface area contributed by atoms with Crippen LogP contribution in [0.1, 0.15) is 33.6 Å². The number of carbonyl (C=O) groups excluding carboxylic acids is 1. The first kappa shape index (κ1) is 13.9.